The molecule has 0 radical (unpaired) electrons. The number of ether oxygens (including phenoxy) is 1. The molecule has 0 saturated carbocycles. The van der Waals surface area contributed by atoms with Gasteiger partial charge < -0.3 is 14.5 Å². The van der Waals surface area contributed by atoms with Crippen molar-refractivity contribution >= 4 is 51.6 Å². The molecule has 1 aliphatic rings. The quantitative estimate of drug-likeness (QED) is 0.352. The summed E-state index contributed by atoms with van der Waals surface area (Å²) in [7, 11) is 1.58. The van der Waals surface area contributed by atoms with Crippen LogP contribution in [0.3, 0.4) is 0 Å². The summed E-state index contributed by atoms with van der Waals surface area (Å²) in [6.45, 7) is 1.79. The van der Waals surface area contributed by atoms with Crippen molar-refractivity contribution in [2.24, 2.45) is 4.99 Å². The first-order chi connectivity index (χ1) is 16.9. The molecule has 3 heterocycles. The maximum Gasteiger partial charge on any atom is 0.271 e. The number of carbonyl (C=O) groups is 1. The number of fused-ring (bicyclic) bond motifs is 1. The number of thiazole rings is 1. The number of para-hydroxylation sites is 1. The highest BCUT2D eigenvalue weighted by atomic mass is 127. The minimum Gasteiger partial charge on any atom is -0.497 e. The van der Waals surface area contributed by atoms with E-state index in [0.29, 0.717) is 37.8 Å². The van der Waals surface area contributed by atoms with Gasteiger partial charge in [0.2, 0.25) is 0 Å². The summed E-state index contributed by atoms with van der Waals surface area (Å²) < 4.78 is 13.8. The van der Waals surface area contributed by atoms with Crippen molar-refractivity contribution in [2.45, 2.75) is 13.0 Å². The molecule has 2 aromatic heterocycles. The number of hydrogen-bond donors (Lipinski definition) is 1. The highest BCUT2D eigenvalue weighted by molar-refractivity contribution is 14.1. The molecular weight excluding hydrogens is 577 g/mol. The van der Waals surface area contributed by atoms with Gasteiger partial charge in [0.15, 0.2) is 8.57 Å². The van der Waals surface area contributed by atoms with Crippen LogP contribution in [0.2, 0.25) is 0 Å². The molecule has 7 nitrogen and oxygen atoms in total. The summed E-state index contributed by atoms with van der Waals surface area (Å²) in [6, 6.07) is 19.6. The highest BCUT2D eigenvalue weighted by Crippen LogP contribution is 2.32. The van der Waals surface area contributed by atoms with Gasteiger partial charge in [-0.2, -0.15) is 0 Å². The van der Waals surface area contributed by atoms with Gasteiger partial charge in [-0.3, -0.25) is 14.2 Å². The van der Waals surface area contributed by atoms with E-state index in [1.54, 1.807) is 24.7 Å². The molecule has 0 fully saturated rings. The Hall–Kier alpha value is -3.44. The van der Waals surface area contributed by atoms with Gasteiger partial charge in [0, 0.05) is 11.8 Å². The normalized spacial score (nSPS) is 15.5. The summed E-state index contributed by atoms with van der Waals surface area (Å²) in [4.78, 5) is 32.4. The predicted molar refractivity (Wildman–Crippen MR) is 143 cm³/mol. The Bertz CT molecular complexity index is 1630. The fourth-order valence-corrected chi connectivity index (χ4v) is 5.45. The fourth-order valence-electron chi connectivity index (χ4n) is 3.99. The third kappa shape index (κ3) is 4.61. The lowest BCUT2D eigenvalue weighted by atomic mass is 9.95. The molecule has 5 rings (SSSR count). The minimum atomic E-state index is -0.677. The van der Waals surface area contributed by atoms with Crippen LogP contribution in [-0.4, -0.2) is 17.6 Å². The number of nitrogens with one attached hydrogen (secondary N) is 1. The summed E-state index contributed by atoms with van der Waals surface area (Å²) in [5, 5.41) is 2.95. The molecule has 1 atom stereocenters. The number of nitrogens with zero attached hydrogens (tertiary/aromatic N) is 2. The zero-order valence-corrected chi connectivity index (χ0v) is 21.8. The van der Waals surface area contributed by atoms with Crippen LogP contribution in [0.25, 0.3) is 6.08 Å². The van der Waals surface area contributed by atoms with Crippen molar-refractivity contribution in [3.8, 4) is 5.75 Å². The minimum absolute atomic E-state index is 0.245. The zero-order valence-electron chi connectivity index (χ0n) is 18.8. The number of carbonyl (C=O) groups excluding carboxylic acids is 1. The summed E-state index contributed by atoms with van der Waals surface area (Å²) >= 11 is 3.34. The van der Waals surface area contributed by atoms with Gasteiger partial charge in [0.05, 0.1) is 29.0 Å². The molecule has 1 amide bonds. The Morgan fingerprint density at radius 2 is 1.97 bits per heavy atom. The van der Waals surface area contributed by atoms with E-state index in [9.17, 15) is 9.59 Å². The second kappa shape index (κ2) is 9.67. The van der Waals surface area contributed by atoms with Gasteiger partial charge in [-0.25, -0.2) is 4.99 Å². The largest absolute Gasteiger partial charge is 0.497 e. The molecule has 2 aromatic carbocycles. The van der Waals surface area contributed by atoms with Gasteiger partial charge >= 0.3 is 0 Å². The Morgan fingerprint density at radius 1 is 1.17 bits per heavy atom. The third-order valence-electron chi connectivity index (χ3n) is 5.57. The first-order valence-electron chi connectivity index (χ1n) is 10.7. The Kier molecular flexibility index (Phi) is 6.44. The van der Waals surface area contributed by atoms with Crippen LogP contribution < -0.4 is 24.9 Å². The molecule has 1 N–H and O–H groups in total. The number of methoxy groups -OCH3 is 1. The number of allylic oxidation sites excluding steroid dienone is 1. The SMILES string of the molecule is COc1cccc(C2C(C(=O)Nc3ccccc3)=C(C)N=c3sc(=Cc4ccc(I)o4)c(=O)n32)c1. The predicted octanol–water partition coefficient (Wildman–Crippen LogP) is 4.08. The summed E-state index contributed by atoms with van der Waals surface area (Å²) in [5.74, 6) is 0.891. The molecule has 4 aromatic rings. The molecule has 35 heavy (non-hydrogen) atoms. The van der Waals surface area contributed by atoms with Crippen LogP contribution in [0.15, 0.2) is 92.2 Å². The molecule has 1 aliphatic heterocycles. The number of hydrogen-bond acceptors (Lipinski definition) is 6. The average Bonchev–Trinajstić information content (AvgIpc) is 3.40. The van der Waals surface area contributed by atoms with Crippen molar-refractivity contribution < 1.29 is 13.9 Å². The molecular formula is C26H20IN3O4S. The number of furan rings is 1. The molecule has 176 valence electrons. The van der Waals surface area contributed by atoms with E-state index in [0.717, 1.165) is 9.33 Å². The van der Waals surface area contributed by atoms with E-state index in [4.69, 9.17) is 9.15 Å². The molecule has 0 aliphatic carbocycles. The van der Waals surface area contributed by atoms with Gasteiger partial charge in [-0.1, -0.05) is 41.7 Å². The standard InChI is InChI=1S/C26H20IN3O4S/c1-15-22(24(31)29-17-8-4-3-5-9-17)23(16-7-6-10-18(13-16)33-2)30-25(32)20(35-26(30)28-15)14-19-11-12-21(27)34-19/h3-14,23H,1-2H3,(H,29,31). The first-order valence-corrected chi connectivity index (χ1v) is 12.6. The molecule has 0 saturated heterocycles. The number of aromatic nitrogens is 1. The summed E-state index contributed by atoms with van der Waals surface area (Å²) in [5.41, 5.74) is 2.11. The Labute approximate surface area is 218 Å². The first kappa shape index (κ1) is 23.3. The monoisotopic (exact) mass is 597 g/mol. The van der Waals surface area contributed by atoms with Crippen LogP contribution in [0.1, 0.15) is 24.3 Å². The van der Waals surface area contributed by atoms with Crippen molar-refractivity contribution in [3.63, 3.8) is 0 Å². The van der Waals surface area contributed by atoms with Gasteiger partial charge in [0.1, 0.15) is 11.5 Å². The lowest BCUT2D eigenvalue weighted by molar-refractivity contribution is -0.113. The fraction of sp³-hybridized carbons (Fsp3) is 0.115. The number of anilines is 1. The Morgan fingerprint density at radius 3 is 2.69 bits per heavy atom. The van der Waals surface area contributed by atoms with Crippen LogP contribution >= 0.6 is 33.9 Å². The number of amides is 1. The van der Waals surface area contributed by atoms with E-state index < -0.39 is 6.04 Å². The second-order valence-corrected chi connectivity index (χ2v) is 9.89. The zero-order chi connectivity index (χ0) is 24.5. The van der Waals surface area contributed by atoms with Crippen LogP contribution in [0.4, 0.5) is 5.69 Å². The average molecular weight is 597 g/mol. The van der Waals surface area contributed by atoms with Crippen molar-refractivity contribution in [2.75, 3.05) is 12.4 Å². The van der Waals surface area contributed by atoms with E-state index in [-0.39, 0.29) is 11.5 Å². The number of halogens is 1. The number of benzene rings is 2. The smallest absolute Gasteiger partial charge is 0.271 e. The second-order valence-electron chi connectivity index (χ2n) is 7.82. The summed E-state index contributed by atoms with van der Waals surface area (Å²) in [6.07, 6.45) is 1.71. The maximum atomic E-state index is 13.6. The van der Waals surface area contributed by atoms with E-state index in [1.165, 1.54) is 11.3 Å². The van der Waals surface area contributed by atoms with Crippen LogP contribution in [-0.2, 0) is 4.79 Å². The van der Waals surface area contributed by atoms with Gasteiger partial charge in [0.25, 0.3) is 11.5 Å². The molecule has 0 bridgehead atoms. The van der Waals surface area contributed by atoms with Crippen LogP contribution in [0.5, 0.6) is 5.75 Å². The van der Waals surface area contributed by atoms with Crippen molar-refractivity contribution in [1.82, 2.24) is 4.57 Å². The van der Waals surface area contributed by atoms with E-state index in [1.807, 2.05) is 66.7 Å². The van der Waals surface area contributed by atoms with Crippen LogP contribution in [0, 0.1) is 3.77 Å². The number of rotatable bonds is 5. The molecule has 9 heteroatoms. The lowest BCUT2D eigenvalue weighted by Crippen LogP contribution is -2.40. The van der Waals surface area contributed by atoms with E-state index >= 15 is 0 Å². The van der Waals surface area contributed by atoms with Crippen molar-refractivity contribution in [1.29, 1.82) is 0 Å². The maximum absolute atomic E-state index is 13.6. The Balaban J connectivity index is 1.69. The van der Waals surface area contributed by atoms with Gasteiger partial charge in [-0.05, 0) is 71.5 Å². The molecule has 0 spiro atoms. The van der Waals surface area contributed by atoms with Crippen molar-refractivity contribution in [3.05, 3.63) is 113 Å². The van der Waals surface area contributed by atoms with Gasteiger partial charge in [-0.15, -0.1) is 0 Å². The topological polar surface area (TPSA) is 85.8 Å². The molecule has 1 unspecified atom stereocenters. The third-order valence-corrected chi connectivity index (χ3v) is 7.14. The highest BCUT2D eigenvalue weighted by Gasteiger charge is 2.32. The lowest BCUT2D eigenvalue weighted by Gasteiger charge is -2.25. The van der Waals surface area contributed by atoms with E-state index in [2.05, 4.69) is 32.9 Å².